The van der Waals surface area contributed by atoms with E-state index in [1.165, 1.54) is 0 Å². The molecular weight excluding hydrogens is 336 g/mol. The van der Waals surface area contributed by atoms with E-state index in [1.54, 1.807) is 0 Å². The number of ether oxygens (including phenoxy) is 3. The Morgan fingerprint density at radius 1 is 1.42 bits per heavy atom. The summed E-state index contributed by atoms with van der Waals surface area (Å²) in [4.78, 5) is 12.2. The van der Waals surface area contributed by atoms with E-state index in [2.05, 4.69) is 6.92 Å². The molecule has 2 bridgehead atoms. The second-order valence-corrected chi connectivity index (χ2v) is 9.26. The minimum absolute atomic E-state index is 0.0965. The highest BCUT2D eigenvalue weighted by Crippen LogP contribution is 2.71. The van der Waals surface area contributed by atoms with Crippen LogP contribution in [-0.4, -0.2) is 59.4 Å². The molecule has 0 aromatic rings. The second kappa shape index (κ2) is 5.77. The maximum atomic E-state index is 12.2. The van der Waals surface area contributed by atoms with E-state index in [0.29, 0.717) is 25.9 Å². The lowest BCUT2D eigenvalue weighted by atomic mass is 9.51. The molecule has 4 rings (SSSR count). The lowest BCUT2D eigenvalue weighted by molar-refractivity contribution is -0.226. The van der Waals surface area contributed by atoms with E-state index in [1.807, 2.05) is 26.8 Å². The van der Waals surface area contributed by atoms with Crippen LogP contribution in [0.15, 0.2) is 11.6 Å². The quantitative estimate of drug-likeness (QED) is 0.446. The van der Waals surface area contributed by atoms with Gasteiger partial charge in [-0.1, -0.05) is 26.8 Å². The van der Waals surface area contributed by atoms with Crippen LogP contribution in [-0.2, 0) is 19.0 Å². The molecule has 0 radical (unpaired) electrons. The van der Waals surface area contributed by atoms with Crippen LogP contribution in [0.25, 0.3) is 0 Å². The fourth-order valence-corrected chi connectivity index (χ4v) is 5.69. The zero-order valence-corrected chi connectivity index (χ0v) is 16.0. The summed E-state index contributed by atoms with van der Waals surface area (Å²) in [5, 5.41) is 21.1. The summed E-state index contributed by atoms with van der Waals surface area (Å²) >= 11 is 0. The number of carbonyl (C=O) groups is 1. The molecule has 7 unspecified atom stereocenters. The highest BCUT2D eigenvalue weighted by molar-refractivity contribution is 5.70. The number of aliphatic hydroxyl groups is 2. The standard InChI is InChI=1S/C20H30O6/c1-11(2)5-16(23)25-14-8-19(9-21)15(6-12(14)3)26-17-13(22)7-18(19,4)20(17)10-24-20/h6,11,13-15,17,21-22H,5,7-10H2,1-4H3. The predicted octanol–water partition coefficient (Wildman–Crippen LogP) is 1.58. The smallest absolute Gasteiger partial charge is 0.306 e. The van der Waals surface area contributed by atoms with Crippen LogP contribution in [0.1, 0.15) is 47.0 Å². The first kappa shape index (κ1) is 18.4. The molecule has 146 valence electrons. The van der Waals surface area contributed by atoms with E-state index in [-0.39, 0.29) is 36.8 Å². The Balaban J connectivity index is 1.68. The van der Waals surface area contributed by atoms with Gasteiger partial charge in [0.2, 0.25) is 0 Å². The Hall–Kier alpha value is -0.950. The third-order valence-corrected chi connectivity index (χ3v) is 7.36. The van der Waals surface area contributed by atoms with Crippen molar-refractivity contribution >= 4 is 5.97 Å². The second-order valence-electron chi connectivity index (χ2n) is 9.26. The third kappa shape index (κ3) is 2.22. The zero-order valence-electron chi connectivity index (χ0n) is 16.0. The van der Waals surface area contributed by atoms with Crippen molar-refractivity contribution in [1.82, 2.24) is 0 Å². The predicted molar refractivity (Wildman–Crippen MR) is 93.3 cm³/mol. The van der Waals surface area contributed by atoms with Crippen molar-refractivity contribution in [2.24, 2.45) is 16.7 Å². The number of esters is 1. The summed E-state index contributed by atoms with van der Waals surface area (Å²) in [6.45, 7) is 8.45. The highest BCUT2D eigenvalue weighted by Gasteiger charge is 2.81. The molecule has 2 heterocycles. The van der Waals surface area contributed by atoms with Gasteiger partial charge in [-0.2, -0.15) is 0 Å². The summed E-state index contributed by atoms with van der Waals surface area (Å²) in [6.07, 6.45) is 1.71. The summed E-state index contributed by atoms with van der Waals surface area (Å²) in [6, 6.07) is 0. The Morgan fingerprint density at radius 3 is 2.69 bits per heavy atom. The molecule has 26 heavy (non-hydrogen) atoms. The normalized spacial score (nSPS) is 49.1. The van der Waals surface area contributed by atoms with Gasteiger partial charge < -0.3 is 24.4 Å². The van der Waals surface area contributed by atoms with E-state index in [0.717, 1.165) is 5.57 Å². The first-order valence-electron chi connectivity index (χ1n) is 9.65. The van der Waals surface area contributed by atoms with E-state index in [9.17, 15) is 15.0 Å². The summed E-state index contributed by atoms with van der Waals surface area (Å²) in [5.41, 5.74) is -0.653. The van der Waals surface area contributed by atoms with Crippen LogP contribution in [0, 0.1) is 16.7 Å². The molecular formula is C20H30O6. The molecule has 2 aliphatic heterocycles. The number of aliphatic hydroxyl groups excluding tert-OH is 2. The molecule has 0 amide bonds. The Morgan fingerprint density at radius 2 is 2.12 bits per heavy atom. The number of epoxide rings is 1. The van der Waals surface area contributed by atoms with Crippen LogP contribution in [0.5, 0.6) is 0 Å². The van der Waals surface area contributed by atoms with Gasteiger partial charge in [-0.05, 0) is 31.3 Å². The minimum atomic E-state index is -0.639. The molecule has 2 N–H and O–H groups in total. The van der Waals surface area contributed by atoms with Gasteiger partial charge in [0.05, 0.1) is 25.4 Å². The number of hydrogen-bond acceptors (Lipinski definition) is 6. The number of hydrogen-bond donors (Lipinski definition) is 2. The maximum Gasteiger partial charge on any atom is 0.306 e. The summed E-state index contributed by atoms with van der Waals surface area (Å²) in [7, 11) is 0. The van der Waals surface area contributed by atoms with Gasteiger partial charge in [0.1, 0.15) is 17.8 Å². The average molecular weight is 366 g/mol. The van der Waals surface area contributed by atoms with Crippen molar-refractivity contribution in [2.45, 2.75) is 77.0 Å². The Kier molecular flexibility index (Phi) is 4.09. The Bertz CT molecular complexity index is 638. The third-order valence-electron chi connectivity index (χ3n) is 7.36. The summed E-state index contributed by atoms with van der Waals surface area (Å²) in [5.74, 6) is 0.0206. The van der Waals surface area contributed by atoms with Crippen LogP contribution >= 0.6 is 0 Å². The molecule has 7 atom stereocenters. The highest BCUT2D eigenvalue weighted by atomic mass is 16.6. The van der Waals surface area contributed by atoms with Gasteiger partial charge in [-0.25, -0.2) is 0 Å². The fraction of sp³-hybridized carbons (Fsp3) is 0.850. The molecule has 3 fully saturated rings. The van der Waals surface area contributed by atoms with E-state index < -0.39 is 22.5 Å². The van der Waals surface area contributed by atoms with Crippen LogP contribution in [0.4, 0.5) is 0 Å². The van der Waals surface area contributed by atoms with Crippen molar-refractivity contribution < 1.29 is 29.2 Å². The van der Waals surface area contributed by atoms with Crippen LogP contribution in [0.2, 0.25) is 0 Å². The molecule has 1 saturated carbocycles. The monoisotopic (exact) mass is 366 g/mol. The Labute approximate surface area is 154 Å². The summed E-state index contributed by atoms with van der Waals surface area (Å²) < 4.78 is 17.9. The van der Waals surface area contributed by atoms with Crippen LogP contribution in [0.3, 0.4) is 0 Å². The lowest BCUT2D eigenvalue weighted by Gasteiger charge is -2.58. The molecule has 1 spiro atoms. The van der Waals surface area contributed by atoms with Crippen molar-refractivity contribution in [3.8, 4) is 0 Å². The van der Waals surface area contributed by atoms with Gasteiger partial charge in [0.15, 0.2) is 0 Å². The van der Waals surface area contributed by atoms with Gasteiger partial charge in [0.25, 0.3) is 0 Å². The molecule has 6 nitrogen and oxygen atoms in total. The average Bonchev–Trinajstić information content (AvgIpc) is 3.31. The number of rotatable bonds is 4. The first-order chi connectivity index (χ1) is 12.2. The van der Waals surface area contributed by atoms with Crippen molar-refractivity contribution in [3.63, 3.8) is 0 Å². The van der Waals surface area contributed by atoms with Crippen LogP contribution < -0.4 is 0 Å². The topological polar surface area (TPSA) is 88.5 Å². The molecule has 2 aliphatic carbocycles. The number of carbonyl (C=O) groups excluding carboxylic acids is 1. The maximum absolute atomic E-state index is 12.2. The van der Waals surface area contributed by atoms with Gasteiger partial charge in [0, 0.05) is 17.3 Å². The molecule has 0 aromatic heterocycles. The largest absolute Gasteiger partial charge is 0.458 e. The molecule has 6 heteroatoms. The molecule has 4 aliphatic rings. The van der Waals surface area contributed by atoms with Gasteiger partial charge in [-0.15, -0.1) is 0 Å². The minimum Gasteiger partial charge on any atom is -0.458 e. The van der Waals surface area contributed by atoms with Crippen molar-refractivity contribution in [3.05, 3.63) is 11.6 Å². The molecule has 0 aromatic carbocycles. The van der Waals surface area contributed by atoms with Gasteiger partial charge >= 0.3 is 5.97 Å². The lowest BCUT2D eigenvalue weighted by Crippen LogP contribution is -2.65. The SMILES string of the molecule is CC1=CC2OC3C(O)CC(C)(C2(CO)CC1OC(=O)CC(C)C)C31CO1. The van der Waals surface area contributed by atoms with Crippen molar-refractivity contribution in [1.29, 1.82) is 0 Å². The first-order valence-corrected chi connectivity index (χ1v) is 9.65. The van der Waals surface area contributed by atoms with E-state index >= 15 is 0 Å². The molecule has 2 saturated heterocycles. The number of fused-ring (bicyclic) bond motifs is 2. The zero-order chi connectivity index (χ0) is 18.9. The van der Waals surface area contributed by atoms with Gasteiger partial charge in [-0.3, -0.25) is 4.79 Å². The van der Waals surface area contributed by atoms with Crippen molar-refractivity contribution in [2.75, 3.05) is 13.2 Å². The fourth-order valence-electron chi connectivity index (χ4n) is 5.69. The van der Waals surface area contributed by atoms with E-state index in [4.69, 9.17) is 14.2 Å².